The molecule has 1 aromatic carbocycles. The van der Waals surface area contributed by atoms with Gasteiger partial charge in [0.05, 0.1) is 6.54 Å². The number of fused-ring (bicyclic) bond motifs is 1. The molecule has 2 aromatic heterocycles. The number of imidazole rings is 1. The number of aryl methyl sites for hydroxylation is 1. The number of benzene rings is 1. The maximum absolute atomic E-state index is 12.4. The van der Waals surface area contributed by atoms with Gasteiger partial charge in [-0.15, -0.1) is 0 Å². The fraction of sp³-hybridized carbons (Fsp3) is 0.250. The summed E-state index contributed by atoms with van der Waals surface area (Å²) < 4.78 is 2.80. The Labute approximate surface area is 156 Å². The smallest absolute Gasteiger partial charge is 0.329 e. The molecule has 0 fully saturated rings. The predicted octanol–water partition coefficient (Wildman–Crippen LogP) is 1.69. The summed E-state index contributed by atoms with van der Waals surface area (Å²) in [5.74, 6) is -1.01. The van der Waals surface area contributed by atoms with Gasteiger partial charge in [-0.2, -0.15) is 0 Å². The zero-order valence-corrected chi connectivity index (χ0v) is 15.5. The number of aromatic nitrogens is 4. The van der Waals surface area contributed by atoms with Crippen molar-refractivity contribution in [3.63, 3.8) is 0 Å². The van der Waals surface area contributed by atoms with Gasteiger partial charge in [-0.1, -0.05) is 41.6 Å². The number of nitrogens with one attached hydrogen (secondary N) is 1. The normalized spacial score (nSPS) is 12.4. The summed E-state index contributed by atoms with van der Waals surface area (Å²) >= 11 is 7.21. The lowest BCUT2D eigenvalue weighted by atomic mass is 10.2. The van der Waals surface area contributed by atoms with Crippen LogP contribution in [0.15, 0.2) is 39.0 Å². The molecule has 0 aliphatic carbocycles. The Balaban J connectivity index is 2.25. The van der Waals surface area contributed by atoms with Crippen molar-refractivity contribution in [2.75, 3.05) is 0 Å². The lowest BCUT2D eigenvalue weighted by Gasteiger charge is -2.11. The first-order valence-corrected chi connectivity index (χ1v) is 8.87. The highest BCUT2D eigenvalue weighted by atomic mass is 35.5. The Morgan fingerprint density at radius 1 is 1.38 bits per heavy atom. The largest absolute Gasteiger partial charge is 0.480 e. The monoisotopic (exact) mass is 394 g/mol. The van der Waals surface area contributed by atoms with E-state index in [1.54, 1.807) is 22.8 Å². The molecule has 8 nitrogen and oxygen atoms in total. The van der Waals surface area contributed by atoms with E-state index >= 15 is 0 Å². The van der Waals surface area contributed by atoms with E-state index in [9.17, 15) is 19.5 Å². The predicted molar refractivity (Wildman–Crippen MR) is 99.1 cm³/mol. The summed E-state index contributed by atoms with van der Waals surface area (Å²) in [5, 5.41) is 9.24. The number of aromatic amines is 1. The molecule has 0 bridgehead atoms. The van der Waals surface area contributed by atoms with Crippen molar-refractivity contribution in [2.45, 2.75) is 23.9 Å². The number of hydrogen-bond donors (Lipinski definition) is 2. The quantitative estimate of drug-likeness (QED) is 0.637. The van der Waals surface area contributed by atoms with E-state index in [4.69, 9.17) is 11.6 Å². The zero-order chi connectivity index (χ0) is 19.0. The first-order valence-electron chi connectivity index (χ1n) is 7.62. The fourth-order valence-corrected chi connectivity index (χ4v) is 3.49. The van der Waals surface area contributed by atoms with Gasteiger partial charge in [0.25, 0.3) is 5.56 Å². The van der Waals surface area contributed by atoms with Gasteiger partial charge in [-0.25, -0.2) is 9.78 Å². The zero-order valence-electron chi connectivity index (χ0n) is 13.9. The number of carboxylic acid groups (broad SMARTS) is 1. The van der Waals surface area contributed by atoms with Gasteiger partial charge in [-0.3, -0.25) is 19.1 Å². The number of rotatable bonds is 5. The second kappa shape index (κ2) is 7.00. The van der Waals surface area contributed by atoms with E-state index in [1.165, 1.54) is 18.5 Å². The Morgan fingerprint density at radius 3 is 2.73 bits per heavy atom. The molecule has 0 saturated heterocycles. The van der Waals surface area contributed by atoms with E-state index in [-0.39, 0.29) is 17.7 Å². The molecular formula is C16H15ClN4O4S. The molecule has 3 aromatic rings. The van der Waals surface area contributed by atoms with Gasteiger partial charge in [0.15, 0.2) is 16.3 Å². The lowest BCUT2D eigenvalue weighted by molar-refractivity contribution is -0.136. The van der Waals surface area contributed by atoms with Gasteiger partial charge in [-0.05, 0) is 18.6 Å². The summed E-state index contributed by atoms with van der Waals surface area (Å²) in [4.78, 5) is 42.1. The number of hydrogen-bond acceptors (Lipinski definition) is 5. The van der Waals surface area contributed by atoms with Crippen LogP contribution < -0.4 is 11.2 Å². The van der Waals surface area contributed by atoms with Gasteiger partial charge < -0.3 is 9.67 Å². The van der Waals surface area contributed by atoms with Crippen LogP contribution in [0.5, 0.6) is 0 Å². The SMILES string of the molecule is CC(Sc1nc2c(c(=O)[nH]c(=O)n2C)n1Cc1ccccc1Cl)C(=O)O. The van der Waals surface area contributed by atoms with Crippen LogP contribution in [0, 0.1) is 0 Å². The standard InChI is InChI=1S/C16H15ClN4O4S/c1-8(14(23)24)26-16-18-12-11(13(22)19-15(25)20(12)2)21(16)7-9-5-3-4-6-10(9)17/h3-6,8H,7H2,1-2H3,(H,23,24)(H,19,22,25). The molecule has 0 aliphatic heterocycles. The van der Waals surface area contributed by atoms with Crippen LogP contribution in [0.1, 0.15) is 12.5 Å². The van der Waals surface area contributed by atoms with Crippen LogP contribution in [-0.4, -0.2) is 35.4 Å². The van der Waals surface area contributed by atoms with Crippen LogP contribution in [-0.2, 0) is 18.4 Å². The molecule has 10 heteroatoms. The highest BCUT2D eigenvalue weighted by Gasteiger charge is 2.22. The van der Waals surface area contributed by atoms with E-state index in [2.05, 4.69) is 9.97 Å². The summed E-state index contributed by atoms with van der Waals surface area (Å²) in [6, 6.07) is 7.13. The average molecular weight is 395 g/mol. The first kappa shape index (κ1) is 18.3. The number of carboxylic acids is 1. The summed E-state index contributed by atoms with van der Waals surface area (Å²) in [7, 11) is 1.49. The molecule has 0 radical (unpaired) electrons. The molecule has 1 unspecified atom stereocenters. The van der Waals surface area contributed by atoms with Crippen molar-refractivity contribution < 1.29 is 9.90 Å². The van der Waals surface area contributed by atoms with Crippen LogP contribution in [0.2, 0.25) is 5.02 Å². The minimum Gasteiger partial charge on any atom is -0.480 e. The van der Waals surface area contributed by atoms with Crippen molar-refractivity contribution in [1.82, 2.24) is 19.1 Å². The number of thioether (sulfide) groups is 1. The maximum atomic E-state index is 12.4. The van der Waals surface area contributed by atoms with Crippen molar-refractivity contribution in [2.24, 2.45) is 7.05 Å². The number of halogens is 1. The van der Waals surface area contributed by atoms with Gasteiger partial charge in [0, 0.05) is 12.1 Å². The van der Waals surface area contributed by atoms with Crippen molar-refractivity contribution in [3.8, 4) is 0 Å². The molecular weight excluding hydrogens is 380 g/mol. The van der Waals surface area contributed by atoms with E-state index < -0.39 is 22.5 Å². The molecule has 0 saturated carbocycles. The van der Waals surface area contributed by atoms with Gasteiger partial charge in [0.1, 0.15) is 5.25 Å². The minimum atomic E-state index is -1.01. The van der Waals surface area contributed by atoms with Crippen LogP contribution in [0.3, 0.4) is 0 Å². The average Bonchev–Trinajstić information content (AvgIpc) is 2.93. The third-order valence-corrected chi connectivity index (χ3v) is 5.33. The molecule has 26 heavy (non-hydrogen) atoms. The fourth-order valence-electron chi connectivity index (χ4n) is 2.46. The molecule has 0 spiro atoms. The second-order valence-electron chi connectivity index (χ2n) is 5.66. The molecule has 0 aliphatic rings. The highest BCUT2D eigenvalue weighted by Crippen LogP contribution is 2.27. The van der Waals surface area contributed by atoms with Crippen molar-refractivity contribution >= 4 is 40.5 Å². The Hall–Kier alpha value is -2.52. The Bertz CT molecular complexity index is 1120. The highest BCUT2D eigenvalue weighted by molar-refractivity contribution is 8.00. The third-order valence-electron chi connectivity index (χ3n) is 3.89. The first-order chi connectivity index (χ1) is 12.3. The maximum Gasteiger partial charge on any atom is 0.329 e. The summed E-state index contributed by atoms with van der Waals surface area (Å²) in [5.41, 5.74) is -0.0604. The number of H-pyrrole nitrogens is 1. The molecule has 0 amide bonds. The van der Waals surface area contributed by atoms with Crippen molar-refractivity contribution in [1.29, 1.82) is 0 Å². The minimum absolute atomic E-state index is 0.186. The second-order valence-corrected chi connectivity index (χ2v) is 7.38. The van der Waals surface area contributed by atoms with E-state index in [0.29, 0.717) is 10.2 Å². The van der Waals surface area contributed by atoms with E-state index in [1.807, 2.05) is 6.07 Å². The van der Waals surface area contributed by atoms with Crippen LogP contribution >= 0.6 is 23.4 Å². The summed E-state index contributed by atoms with van der Waals surface area (Å²) in [6.45, 7) is 1.74. The molecule has 136 valence electrons. The molecule has 1 atom stereocenters. The van der Waals surface area contributed by atoms with E-state index in [0.717, 1.165) is 17.3 Å². The Morgan fingerprint density at radius 2 is 2.08 bits per heavy atom. The molecule has 2 heterocycles. The summed E-state index contributed by atoms with van der Waals surface area (Å²) in [6.07, 6.45) is 0. The third kappa shape index (κ3) is 3.27. The molecule has 2 N–H and O–H groups in total. The topological polar surface area (TPSA) is 110 Å². The van der Waals surface area contributed by atoms with Crippen LogP contribution in [0.4, 0.5) is 0 Å². The molecule has 3 rings (SSSR count). The van der Waals surface area contributed by atoms with Gasteiger partial charge in [0.2, 0.25) is 0 Å². The van der Waals surface area contributed by atoms with Crippen molar-refractivity contribution in [3.05, 3.63) is 55.7 Å². The number of nitrogens with zero attached hydrogens (tertiary/aromatic N) is 3. The Kier molecular flexibility index (Phi) is 4.92. The van der Waals surface area contributed by atoms with Gasteiger partial charge >= 0.3 is 11.7 Å². The van der Waals surface area contributed by atoms with Crippen LogP contribution in [0.25, 0.3) is 11.2 Å². The number of aliphatic carboxylic acids is 1. The number of carbonyl (C=O) groups is 1. The lowest BCUT2D eigenvalue weighted by Crippen LogP contribution is -2.29.